The lowest BCUT2D eigenvalue weighted by Gasteiger charge is -2.17. The minimum Gasteiger partial charge on any atom is -0.337 e. The molecule has 1 aliphatic carbocycles. The van der Waals surface area contributed by atoms with Crippen LogP contribution >= 0.6 is 11.6 Å². The van der Waals surface area contributed by atoms with E-state index >= 15 is 0 Å². The van der Waals surface area contributed by atoms with E-state index in [9.17, 15) is 4.79 Å². The monoisotopic (exact) mass is 314 g/mol. The Morgan fingerprint density at radius 3 is 2.32 bits per heavy atom. The zero-order valence-corrected chi connectivity index (χ0v) is 13.1. The van der Waals surface area contributed by atoms with E-state index in [1.807, 2.05) is 30.3 Å². The Morgan fingerprint density at radius 2 is 1.68 bits per heavy atom. The molecular formula is C18H19ClN2O. The van der Waals surface area contributed by atoms with Gasteiger partial charge in [-0.3, -0.25) is 0 Å². The van der Waals surface area contributed by atoms with Gasteiger partial charge in [-0.05, 0) is 36.1 Å². The van der Waals surface area contributed by atoms with Gasteiger partial charge in [0.15, 0.2) is 0 Å². The third kappa shape index (κ3) is 3.60. The molecule has 0 aromatic heterocycles. The Balaban J connectivity index is 1.48. The zero-order valence-electron chi connectivity index (χ0n) is 12.3. The molecule has 22 heavy (non-hydrogen) atoms. The van der Waals surface area contributed by atoms with Crippen molar-refractivity contribution in [3.8, 4) is 0 Å². The van der Waals surface area contributed by atoms with Crippen LogP contribution < -0.4 is 10.6 Å². The molecule has 2 amide bonds. The number of hydrogen-bond donors (Lipinski definition) is 2. The average Bonchev–Trinajstić information content (AvgIpc) is 3.34. The number of urea groups is 1. The van der Waals surface area contributed by atoms with Crippen molar-refractivity contribution < 1.29 is 4.79 Å². The van der Waals surface area contributed by atoms with Gasteiger partial charge in [0.1, 0.15) is 0 Å². The van der Waals surface area contributed by atoms with E-state index in [1.165, 1.54) is 5.56 Å². The Labute approximate surface area is 135 Å². The zero-order chi connectivity index (χ0) is 15.4. The first kappa shape index (κ1) is 14.9. The smallest absolute Gasteiger partial charge is 0.315 e. The molecule has 3 nitrogen and oxygen atoms in total. The van der Waals surface area contributed by atoms with Crippen LogP contribution in [0, 0.1) is 0 Å². The van der Waals surface area contributed by atoms with Crippen molar-refractivity contribution in [3.63, 3.8) is 0 Å². The highest BCUT2D eigenvalue weighted by Gasteiger charge is 2.44. The van der Waals surface area contributed by atoms with E-state index < -0.39 is 0 Å². The summed E-state index contributed by atoms with van der Waals surface area (Å²) in [5, 5.41) is 6.57. The topological polar surface area (TPSA) is 41.1 Å². The van der Waals surface area contributed by atoms with Crippen LogP contribution in [0.2, 0.25) is 5.02 Å². The predicted octanol–water partition coefficient (Wildman–Crippen LogP) is 3.87. The van der Waals surface area contributed by atoms with Crippen LogP contribution in [-0.2, 0) is 12.0 Å². The second-order valence-corrected chi connectivity index (χ2v) is 6.25. The maximum atomic E-state index is 11.9. The molecule has 0 atom stereocenters. The number of benzene rings is 2. The Hall–Kier alpha value is -2.00. The van der Waals surface area contributed by atoms with E-state index in [1.54, 1.807) is 0 Å². The predicted molar refractivity (Wildman–Crippen MR) is 89.0 cm³/mol. The van der Waals surface area contributed by atoms with Crippen molar-refractivity contribution in [2.45, 2.75) is 24.8 Å². The van der Waals surface area contributed by atoms with Crippen LogP contribution in [-0.4, -0.2) is 12.6 Å². The number of amides is 2. The van der Waals surface area contributed by atoms with Gasteiger partial charge >= 0.3 is 6.03 Å². The number of carbonyl (C=O) groups is 1. The van der Waals surface area contributed by atoms with Crippen molar-refractivity contribution in [2.24, 2.45) is 0 Å². The molecule has 2 N–H and O–H groups in total. The van der Waals surface area contributed by atoms with Gasteiger partial charge < -0.3 is 10.6 Å². The number of halogens is 1. The number of rotatable bonds is 5. The van der Waals surface area contributed by atoms with E-state index in [-0.39, 0.29) is 11.4 Å². The summed E-state index contributed by atoms with van der Waals surface area (Å²) in [6, 6.07) is 17.7. The van der Waals surface area contributed by atoms with Crippen molar-refractivity contribution >= 4 is 17.6 Å². The van der Waals surface area contributed by atoms with Gasteiger partial charge in [0, 0.05) is 23.5 Å². The normalized spacial score (nSPS) is 15.1. The molecule has 0 radical (unpaired) electrons. The average molecular weight is 315 g/mol. The maximum absolute atomic E-state index is 11.9. The Morgan fingerprint density at radius 1 is 1.00 bits per heavy atom. The maximum Gasteiger partial charge on any atom is 0.315 e. The quantitative estimate of drug-likeness (QED) is 0.864. The summed E-state index contributed by atoms with van der Waals surface area (Å²) in [7, 11) is 0. The lowest BCUT2D eigenvalue weighted by atomic mass is 9.96. The molecule has 0 aliphatic heterocycles. The lowest BCUT2D eigenvalue weighted by Crippen LogP contribution is -2.39. The van der Waals surface area contributed by atoms with Gasteiger partial charge in [0.25, 0.3) is 0 Å². The molecule has 1 fully saturated rings. The number of carbonyl (C=O) groups excluding carboxylic acids is 1. The third-order valence-electron chi connectivity index (χ3n) is 4.19. The van der Waals surface area contributed by atoms with Crippen LogP contribution in [0.5, 0.6) is 0 Å². The van der Waals surface area contributed by atoms with Crippen LogP contribution in [0.4, 0.5) is 4.79 Å². The summed E-state index contributed by atoms with van der Waals surface area (Å²) in [4.78, 5) is 11.9. The van der Waals surface area contributed by atoms with Gasteiger partial charge in [-0.25, -0.2) is 4.79 Å². The number of nitrogens with one attached hydrogen (secondary N) is 2. The first-order valence-corrected chi connectivity index (χ1v) is 7.87. The van der Waals surface area contributed by atoms with Crippen LogP contribution in [0.1, 0.15) is 24.0 Å². The van der Waals surface area contributed by atoms with Gasteiger partial charge in [0.05, 0.1) is 0 Å². The van der Waals surface area contributed by atoms with Crippen molar-refractivity contribution in [1.82, 2.24) is 10.6 Å². The summed E-state index contributed by atoms with van der Waals surface area (Å²) in [6.07, 6.45) is 2.27. The van der Waals surface area contributed by atoms with Gasteiger partial charge in [-0.15, -0.1) is 0 Å². The van der Waals surface area contributed by atoms with Gasteiger partial charge in [-0.2, -0.15) is 0 Å². The highest BCUT2D eigenvalue weighted by molar-refractivity contribution is 6.30. The largest absolute Gasteiger partial charge is 0.337 e. The van der Waals surface area contributed by atoms with E-state index in [0.717, 1.165) is 18.4 Å². The molecule has 0 heterocycles. The summed E-state index contributed by atoms with van der Waals surface area (Å²) < 4.78 is 0. The van der Waals surface area contributed by atoms with Crippen LogP contribution in [0.3, 0.4) is 0 Å². The minimum absolute atomic E-state index is 0.128. The summed E-state index contributed by atoms with van der Waals surface area (Å²) in [6.45, 7) is 1.19. The lowest BCUT2D eigenvalue weighted by molar-refractivity contribution is 0.239. The van der Waals surface area contributed by atoms with Crippen LogP contribution in [0.15, 0.2) is 54.6 Å². The van der Waals surface area contributed by atoms with Crippen molar-refractivity contribution in [2.75, 3.05) is 6.54 Å². The van der Waals surface area contributed by atoms with E-state index in [4.69, 9.17) is 11.6 Å². The molecule has 2 aromatic carbocycles. The summed E-state index contributed by atoms with van der Waals surface area (Å²) >= 11 is 5.84. The molecular weight excluding hydrogens is 296 g/mol. The molecule has 0 saturated heterocycles. The summed E-state index contributed by atoms with van der Waals surface area (Å²) in [5.41, 5.74) is 2.48. The molecule has 114 valence electrons. The first-order valence-electron chi connectivity index (χ1n) is 7.50. The van der Waals surface area contributed by atoms with Crippen molar-refractivity contribution in [1.29, 1.82) is 0 Å². The van der Waals surface area contributed by atoms with Gasteiger partial charge in [0.2, 0.25) is 0 Å². The van der Waals surface area contributed by atoms with Crippen LogP contribution in [0.25, 0.3) is 0 Å². The van der Waals surface area contributed by atoms with E-state index in [2.05, 4.69) is 34.9 Å². The second-order valence-electron chi connectivity index (χ2n) is 5.81. The fourth-order valence-electron chi connectivity index (χ4n) is 2.61. The molecule has 0 spiro atoms. The Bertz CT molecular complexity index is 636. The highest BCUT2D eigenvalue weighted by atomic mass is 35.5. The molecule has 3 rings (SSSR count). The molecule has 1 saturated carbocycles. The van der Waals surface area contributed by atoms with E-state index in [0.29, 0.717) is 18.1 Å². The van der Waals surface area contributed by atoms with Crippen molar-refractivity contribution in [3.05, 3.63) is 70.7 Å². The second kappa shape index (κ2) is 6.41. The molecule has 2 aromatic rings. The Kier molecular flexibility index (Phi) is 4.34. The summed E-state index contributed by atoms with van der Waals surface area (Å²) in [5.74, 6) is 0. The SMILES string of the molecule is O=C(NCc1ccc(Cl)cc1)NCC1(c2ccccc2)CC1. The number of hydrogen-bond acceptors (Lipinski definition) is 1. The standard InChI is InChI=1S/C18H19ClN2O/c19-16-8-6-14(7-9-16)12-20-17(22)21-13-18(10-11-18)15-4-2-1-3-5-15/h1-9H,10-13H2,(H2,20,21,22). The van der Waals surface area contributed by atoms with Gasteiger partial charge in [-0.1, -0.05) is 54.1 Å². The fraction of sp³-hybridized carbons (Fsp3) is 0.278. The molecule has 0 unspecified atom stereocenters. The third-order valence-corrected chi connectivity index (χ3v) is 4.45. The highest BCUT2D eigenvalue weighted by Crippen LogP contribution is 2.47. The fourth-order valence-corrected chi connectivity index (χ4v) is 2.73. The first-order chi connectivity index (χ1) is 10.7. The molecule has 1 aliphatic rings. The molecule has 0 bridgehead atoms. The minimum atomic E-state index is -0.128. The molecule has 4 heteroatoms.